The standard InChI is InChI=1S/C7H5ClN3/c8-4-1-2-5-6(3-4)11-7(9)10-5/h1-3H,(H2,9,10). The van der Waals surface area contributed by atoms with E-state index in [0.29, 0.717) is 11.0 Å². The van der Waals surface area contributed by atoms with E-state index in [1.807, 2.05) is 0 Å². The minimum Gasteiger partial charge on any atom is -0.368 e. The summed E-state index contributed by atoms with van der Waals surface area (Å²) in [5, 5.41) is 4.61. The molecule has 4 heteroatoms. The smallest absolute Gasteiger partial charge is 0.221 e. The van der Waals surface area contributed by atoms with Crippen LogP contribution >= 0.6 is 11.6 Å². The van der Waals surface area contributed by atoms with E-state index in [0.717, 1.165) is 11.4 Å². The number of hydrogen-bond donors (Lipinski definition) is 1. The Bertz CT molecular complexity index is 332. The van der Waals surface area contributed by atoms with Crippen LogP contribution in [-0.2, 0) is 0 Å². The van der Waals surface area contributed by atoms with Crippen LogP contribution in [0.4, 0.5) is 11.4 Å². The molecule has 1 aromatic carbocycles. The molecule has 0 aliphatic carbocycles. The molecular weight excluding hydrogens is 162 g/mol. The monoisotopic (exact) mass is 166 g/mol. The van der Waals surface area contributed by atoms with Crippen LogP contribution in [0.15, 0.2) is 23.2 Å². The molecule has 1 radical (unpaired) electrons. The molecule has 55 valence electrons. The van der Waals surface area contributed by atoms with Gasteiger partial charge < -0.3 is 5.73 Å². The first kappa shape index (κ1) is 6.49. The molecule has 0 atom stereocenters. The largest absolute Gasteiger partial charge is 0.368 e. The van der Waals surface area contributed by atoms with Crippen LogP contribution in [0, 0.1) is 0 Å². The zero-order valence-corrected chi connectivity index (χ0v) is 6.34. The second-order valence-corrected chi connectivity index (χ2v) is 2.65. The highest BCUT2D eigenvalue weighted by Crippen LogP contribution is 2.31. The molecule has 0 aromatic heterocycles. The summed E-state index contributed by atoms with van der Waals surface area (Å²) < 4.78 is 0. The number of nitrogens with zero attached hydrogens (tertiary/aromatic N) is 2. The Morgan fingerprint density at radius 2 is 2.09 bits per heavy atom. The number of benzene rings is 1. The molecule has 11 heavy (non-hydrogen) atoms. The average Bonchev–Trinajstić information content (AvgIpc) is 2.27. The van der Waals surface area contributed by atoms with E-state index in [1.165, 1.54) is 0 Å². The van der Waals surface area contributed by atoms with E-state index < -0.39 is 0 Å². The highest BCUT2D eigenvalue weighted by atomic mass is 35.5. The van der Waals surface area contributed by atoms with Crippen molar-refractivity contribution in [1.82, 2.24) is 5.32 Å². The lowest BCUT2D eigenvalue weighted by Crippen LogP contribution is -2.16. The Balaban J connectivity index is 2.52. The highest BCUT2D eigenvalue weighted by molar-refractivity contribution is 6.31. The molecule has 0 bridgehead atoms. The summed E-state index contributed by atoms with van der Waals surface area (Å²) in [5.41, 5.74) is 6.90. The van der Waals surface area contributed by atoms with E-state index >= 15 is 0 Å². The Kier molecular flexibility index (Phi) is 1.26. The molecule has 1 aliphatic rings. The SMILES string of the molecule is NC1=Nc2ccc(Cl)cc2[N]1. The molecule has 1 aromatic rings. The molecule has 0 saturated heterocycles. The van der Waals surface area contributed by atoms with Crippen LogP contribution in [0.25, 0.3) is 0 Å². The number of nitrogens with two attached hydrogens (primary N) is 1. The zero-order chi connectivity index (χ0) is 7.84. The van der Waals surface area contributed by atoms with Gasteiger partial charge in [0.15, 0.2) is 0 Å². The number of rotatable bonds is 0. The van der Waals surface area contributed by atoms with Crippen molar-refractivity contribution in [2.24, 2.45) is 10.7 Å². The maximum Gasteiger partial charge on any atom is 0.221 e. The number of aliphatic imine (C=N–C) groups is 1. The number of fused-ring (bicyclic) bond motifs is 1. The van der Waals surface area contributed by atoms with Gasteiger partial charge in [-0.1, -0.05) is 11.6 Å². The summed E-state index contributed by atoms with van der Waals surface area (Å²) in [6, 6.07) is 5.29. The van der Waals surface area contributed by atoms with Gasteiger partial charge in [-0.05, 0) is 18.2 Å². The third-order valence-corrected chi connectivity index (χ3v) is 1.64. The zero-order valence-electron chi connectivity index (χ0n) is 5.58. The van der Waals surface area contributed by atoms with Gasteiger partial charge in [-0.15, -0.1) is 0 Å². The van der Waals surface area contributed by atoms with Crippen LogP contribution in [0.5, 0.6) is 0 Å². The molecule has 0 saturated carbocycles. The fraction of sp³-hybridized carbons (Fsp3) is 0. The molecule has 0 fully saturated rings. The summed E-state index contributed by atoms with van der Waals surface area (Å²) >= 11 is 5.72. The van der Waals surface area contributed by atoms with Crippen molar-refractivity contribution >= 4 is 28.9 Å². The van der Waals surface area contributed by atoms with Crippen molar-refractivity contribution < 1.29 is 0 Å². The van der Waals surface area contributed by atoms with Gasteiger partial charge >= 0.3 is 0 Å². The second-order valence-electron chi connectivity index (χ2n) is 2.21. The molecule has 0 amide bonds. The van der Waals surface area contributed by atoms with Crippen molar-refractivity contribution in [1.29, 1.82) is 0 Å². The van der Waals surface area contributed by atoms with E-state index in [-0.39, 0.29) is 0 Å². The molecule has 2 N–H and O–H groups in total. The molecule has 0 unspecified atom stereocenters. The summed E-state index contributed by atoms with van der Waals surface area (Å²) in [7, 11) is 0. The van der Waals surface area contributed by atoms with Gasteiger partial charge in [-0.2, -0.15) is 0 Å². The predicted molar refractivity (Wildman–Crippen MR) is 44.5 cm³/mol. The maximum atomic E-state index is 5.72. The van der Waals surface area contributed by atoms with E-state index in [2.05, 4.69) is 10.3 Å². The third kappa shape index (κ3) is 1.03. The first-order valence-corrected chi connectivity index (χ1v) is 3.49. The number of hydrogen-bond acceptors (Lipinski definition) is 2. The fourth-order valence-corrected chi connectivity index (χ4v) is 1.12. The minimum absolute atomic E-state index is 0.294. The van der Waals surface area contributed by atoms with Crippen molar-refractivity contribution in [3.63, 3.8) is 0 Å². The van der Waals surface area contributed by atoms with Crippen molar-refractivity contribution in [3.8, 4) is 0 Å². The summed E-state index contributed by atoms with van der Waals surface area (Å²) in [6.07, 6.45) is 0. The lowest BCUT2D eigenvalue weighted by atomic mass is 10.3. The van der Waals surface area contributed by atoms with Gasteiger partial charge in [0.05, 0.1) is 11.4 Å². The van der Waals surface area contributed by atoms with Gasteiger partial charge in [0.1, 0.15) is 0 Å². The quantitative estimate of drug-likeness (QED) is 0.625. The summed E-state index contributed by atoms with van der Waals surface area (Å²) in [4.78, 5) is 3.96. The van der Waals surface area contributed by atoms with Crippen molar-refractivity contribution in [2.45, 2.75) is 0 Å². The lowest BCUT2D eigenvalue weighted by molar-refractivity contribution is 1.27. The molecule has 3 nitrogen and oxygen atoms in total. The van der Waals surface area contributed by atoms with Crippen LogP contribution in [-0.4, -0.2) is 5.96 Å². The van der Waals surface area contributed by atoms with E-state index in [1.54, 1.807) is 18.2 Å². The number of guanidine groups is 1. The number of halogens is 1. The molecule has 1 heterocycles. The van der Waals surface area contributed by atoms with Crippen LogP contribution in [0.1, 0.15) is 0 Å². The summed E-state index contributed by atoms with van der Waals surface area (Å²) in [6.45, 7) is 0. The van der Waals surface area contributed by atoms with Crippen molar-refractivity contribution in [3.05, 3.63) is 23.2 Å². The molecule has 2 rings (SSSR count). The average molecular weight is 167 g/mol. The topological polar surface area (TPSA) is 52.5 Å². The second kappa shape index (κ2) is 2.13. The van der Waals surface area contributed by atoms with Crippen LogP contribution in [0.2, 0.25) is 5.02 Å². The third-order valence-electron chi connectivity index (χ3n) is 1.41. The van der Waals surface area contributed by atoms with E-state index in [4.69, 9.17) is 17.3 Å². The molecule has 1 aliphatic heterocycles. The van der Waals surface area contributed by atoms with Gasteiger partial charge in [-0.3, -0.25) is 0 Å². The van der Waals surface area contributed by atoms with Gasteiger partial charge in [0.2, 0.25) is 5.96 Å². The van der Waals surface area contributed by atoms with Gasteiger partial charge in [0, 0.05) is 5.02 Å². The van der Waals surface area contributed by atoms with Gasteiger partial charge in [0.25, 0.3) is 0 Å². The minimum atomic E-state index is 0.294. The first-order valence-electron chi connectivity index (χ1n) is 3.11. The maximum absolute atomic E-state index is 5.72. The van der Waals surface area contributed by atoms with Crippen LogP contribution in [0.3, 0.4) is 0 Å². The normalized spacial score (nSPS) is 13.7. The molecular formula is C7H5ClN3. The Hall–Kier alpha value is -1.22. The highest BCUT2D eigenvalue weighted by Gasteiger charge is 2.12. The Morgan fingerprint density at radius 3 is 2.91 bits per heavy atom. The predicted octanol–water partition coefficient (Wildman–Crippen LogP) is 1.54. The Morgan fingerprint density at radius 1 is 1.27 bits per heavy atom. The van der Waals surface area contributed by atoms with Crippen molar-refractivity contribution in [2.75, 3.05) is 0 Å². The molecule has 0 spiro atoms. The summed E-state index contributed by atoms with van der Waals surface area (Å²) in [5.74, 6) is 0.294. The van der Waals surface area contributed by atoms with Gasteiger partial charge in [-0.25, -0.2) is 10.3 Å². The fourth-order valence-electron chi connectivity index (χ4n) is 0.953. The Labute approximate surface area is 68.9 Å². The van der Waals surface area contributed by atoms with E-state index in [9.17, 15) is 0 Å². The van der Waals surface area contributed by atoms with Crippen LogP contribution < -0.4 is 11.1 Å². The lowest BCUT2D eigenvalue weighted by Gasteiger charge is -1.94. The first-order chi connectivity index (χ1) is 5.25.